The molecule has 0 radical (unpaired) electrons. The lowest BCUT2D eigenvalue weighted by Gasteiger charge is -2.37. The third-order valence-corrected chi connectivity index (χ3v) is 9.58. The first-order chi connectivity index (χ1) is 21.2. The van der Waals surface area contributed by atoms with Crippen molar-refractivity contribution in [2.45, 2.75) is 54.9 Å². The molecule has 2 aromatic carbocycles. The van der Waals surface area contributed by atoms with Gasteiger partial charge in [-0.2, -0.15) is 0 Å². The van der Waals surface area contributed by atoms with Crippen molar-refractivity contribution in [3.05, 3.63) is 67.8 Å². The Hall–Kier alpha value is -3.54. The molecule has 2 bridgehead atoms. The van der Waals surface area contributed by atoms with Crippen molar-refractivity contribution >= 4 is 56.1 Å². The maximum atomic E-state index is 14.6. The molecule has 3 amide bonds. The van der Waals surface area contributed by atoms with Crippen LogP contribution in [-0.2, 0) is 28.7 Å². The maximum Gasteiger partial charge on any atom is 0.312 e. The van der Waals surface area contributed by atoms with Crippen molar-refractivity contribution in [1.29, 1.82) is 0 Å². The van der Waals surface area contributed by atoms with E-state index in [0.29, 0.717) is 18.5 Å². The maximum absolute atomic E-state index is 14.6. The summed E-state index contributed by atoms with van der Waals surface area (Å²) < 4.78 is 12.3. The number of rotatable bonds is 13. The van der Waals surface area contributed by atoms with Crippen LogP contribution in [0.25, 0.3) is 10.8 Å². The van der Waals surface area contributed by atoms with E-state index in [1.54, 1.807) is 24.0 Å². The predicted molar refractivity (Wildman–Crippen MR) is 169 cm³/mol. The molecule has 234 valence electrons. The fourth-order valence-corrected chi connectivity index (χ4v) is 7.81. The number of fused-ring (bicyclic) bond motifs is 2. The lowest BCUT2D eigenvalue weighted by Crippen LogP contribution is -2.57. The summed E-state index contributed by atoms with van der Waals surface area (Å²) in [6.45, 7) is 8.95. The van der Waals surface area contributed by atoms with E-state index in [9.17, 15) is 24.3 Å². The molecule has 10 nitrogen and oxygen atoms in total. The summed E-state index contributed by atoms with van der Waals surface area (Å²) in [6.07, 6.45) is 3.07. The van der Waals surface area contributed by atoms with E-state index in [1.165, 1.54) is 4.90 Å². The Morgan fingerprint density at radius 2 is 1.98 bits per heavy atom. The number of β-amino-alcohol motifs (C(OH)–C–C–N with tert-alkyl or cyclic N) is 1. The predicted octanol–water partition coefficient (Wildman–Crippen LogP) is 3.11. The number of likely N-dealkylation sites (tertiary alicyclic amines) is 1. The number of halogens is 1. The number of anilines is 1. The van der Waals surface area contributed by atoms with Gasteiger partial charge in [0.15, 0.2) is 0 Å². The molecule has 3 fully saturated rings. The van der Waals surface area contributed by atoms with E-state index < -0.39 is 47.6 Å². The Kier molecular flexibility index (Phi) is 9.57. The van der Waals surface area contributed by atoms with Gasteiger partial charge in [0.1, 0.15) is 17.7 Å². The molecule has 1 spiro atoms. The molecule has 0 aromatic heterocycles. The lowest BCUT2D eigenvalue weighted by molar-refractivity contribution is -0.159. The summed E-state index contributed by atoms with van der Waals surface area (Å²) in [5.74, 6) is -3.55. The zero-order chi connectivity index (χ0) is 31.6. The highest BCUT2D eigenvalue weighted by Gasteiger charge is 2.77. The molecule has 3 aliphatic heterocycles. The summed E-state index contributed by atoms with van der Waals surface area (Å²) >= 11 is 3.65. The number of allylic oxidation sites excluding steroid dienone is 1. The molecule has 2 aromatic rings. The number of hydrogen-bond donors (Lipinski definition) is 2. The lowest BCUT2D eigenvalue weighted by atomic mass is 9.70. The van der Waals surface area contributed by atoms with Gasteiger partial charge in [-0.05, 0) is 42.7 Å². The summed E-state index contributed by atoms with van der Waals surface area (Å²) in [4.78, 5) is 56.9. The van der Waals surface area contributed by atoms with Crippen LogP contribution >= 0.6 is 15.9 Å². The van der Waals surface area contributed by atoms with Crippen LogP contribution < -0.4 is 10.2 Å². The van der Waals surface area contributed by atoms with Gasteiger partial charge in [0.05, 0.1) is 31.1 Å². The normalized spacial score (nSPS) is 27.6. The fourth-order valence-electron chi connectivity index (χ4n) is 6.87. The molecule has 3 saturated heterocycles. The van der Waals surface area contributed by atoms with Gasteiger partial charge in [-0.15, -0.1) is 13.2 Å². The highest BCUT2D eigenvalue weighted by Crippen LogP contribution is 2.60. The minimum Gasteiger partial charge on any atom is -0.460 e. The first-order valence-corrected chi connectivity index (χ1v) is 15.8. The molecule has 2 N–H and O–H groups in total. The Balaban J connectivity index is 1.43. The average Bonchev–Trinajstić information content (AvgIpc) is 3.60. The average molecular weight is 669 g/mol. The Morgan fingerprint density at radius 3 is 2.68 bits per heavy atom. The number of nitrogens with zero attached hydrogens (tertiary/aromatic N) is 2. The Morgan fingerprint density at radius 1 is 1.23 bits per heavy atom. The van der Waals surface area contributed by atoms with E-state index in [2.05, 4.69) is 34.4 Å². The van der Waals surface area contributed by atoms with Gasteiger partial charge in [0.2, 0.25) is 11.8 Å². The number of nitrogens with one attached hydrogen (secondary N) is 1. The number of amides is 3. The summed E-state index contributed by atoms with van der Waals surface area (Å²) in [5.41, 5.74) is -0.669. The van der Waals surface area contributed by atoms with Crippen molar-refractivity contribution in [2.24, 2.45) is 11.8 Å². The number of carbonyl (C=O) groups is 4. The number of alkyl halides is 1. The zero-order valence-corrected chi connectivity index (χ0v) is 26.3. The molecule has 7 atom stereocenters. The molecule has 0 saturated carbocycles. The van der Waals surface area contributed by atoms with Gasteiger partial charge in [0.25, 0.3) is 5.91 Å². The first-order valence-electron chi connectivity index (χ1n) is 14.9. The standard InChI is InChI=1S/C33H38BrN3O7/c1-4-6-11-25(39)35-19-20(3)43-32(42)26-27-30(40)37(15-16-38)29(33(27)18-24(34)28(26)44-33)31(41)36(14-5-2)23-13-12-21-9-7-8-10-22(21)17-23/h4-5,7-10,12-13,17,20,24,26-29,38H,1-2,6,11,14-16,18-19H2,3H3,(H,35,39)/t20-,24?,26+,27-,28+,29+,33-/m1/s1. The van der Waals surface area contributed by atoms with Crippen LogP contribution in [0.2, 0.25) is 0 Å². The van der Waals surface area contributed by atoms with E-state index in [-0.39, 0.29) is 49.3 Å². The van der Waals surface area contributed by atoms with Crippen LogP contribution in [-0.4, -0.2) is 88.6 Å². The SMILES string of the molecule is C=CCCC(=O)NC[C@@H](C)OC(=O)[C@@H]1[C@H]2O[C@@]3(CC2Br)[C@H](C(=O)N(CC=C)c2ccc4ccccc4c2)N(CCO)C(=O)[C@@H]13. The number of esters is 1. The molecule has 3 aliphatic rings. The molecular weight excluding hydrogens is 630 g/mol. The van der Waals surface area contributed by atoms with E-state index >= 15 is 0 Å². The number of carbonyl (C=O) groups excluding carboxylic acids is 4. The number of hydrogen-bond acceptors (Lipinski definition) is 7. The van der Waals surface area contributed by atoms with E-state index in [4.69, 9.17) is 9.47 Å². The van der Waals surface area contributed by atoms with Crippen LogP contribution in [0.15, 0.2) is 67.8 Å². The van der Waals surface area contributed by atoms with Crippen LogP contribution in [0.1, 0.15) is 26.2 Å². The number of aliphatic hydroxyl groups excluding tert-OH is 1. The quantitative estimate of drug-likeness (QED) is 0.191. The highest BCUT2D eigenvalue weighted by molar-refractivity contribution is 9.09. The van der Waals surface area contributed by atoms with Crippen molar-refractivity contribution in [1.82, 2.24) is 10.2 Å². The number of ether oxygens (including phenoxy) is 2. The Bertz CT molecular complexity index is 1470. The van der Waals surface area contributed by atoms with Crippen molar-refractivity contribution in [2.75, 3.05) is 31.1 Å². The van der Waals surface area contributed by atoms with Crippen molar-refractivity contribution < 1.29 is 33.8 Å². The van der Waals surface area contributed by atoms with Gasteiger partial charge in [-0.25, -0.2) is 0 Å². The van der Waals surface area contributed by atoms with Gasteiger partial charge >= 0.3 is 5.97 Å². The zero-order valence-electron chi connectivity index (χ0n) is 24.7. The summed E-state index contributed by atoms with van der Waals surface area (Å²) in [7, 11) is 0. The van der Waals surface area contributed by atoms with Gasteiger partial charge in [0, 0.05) is 30.0 Å². The third-order valence-electron chi connectivity index (χ3n) is 8.74. The van der Waals surface area contributed by atoms with E-state index in [0.717, 1.165) is 10.8 Å². The fraction of sp³-hybridized carbons (Fsp3) is 0.455. The van der Waals surface area contributed by atoms with Crippen LogP contribution in [0.4, 0.5) is 5.69 Å². The summed E-state index contributed by atoms with van der Waals surface area (Å²) in [5, 5.41) is 14.6. The topological polar surface area (TPSA) is 125 Å². The molecule has 44 heavy (non-hydrogen) atoms. The second-order valence-electron chi connectivity index (χ2n) is 11.6. The van der Waals surface area contributed by atoms with Crippen molar-refractivity contribution in [3.63, 3.8) is 0 Å². The second-order valence-corrected chi connectivity index (χ2v) is 12.7. The van der Waals surface area contributed by atoms with E-state index in [1.807, 2.05) is 42.5 Å². The molecule has 1 unspecified atom stereocenters. The molecule has 11 heteroatoms. The number of benzene rings is 2. The Labute approximate surface area is 265 Å². The summed E-state index contributed by atoms with van der Waals surface area (Å²) in [6, 6.07) is 12.4. The minimum atomic E-state index is -1.30. The van der Waals surface area contributed by atoms with Crippen LogP contribution in [0.5, 0.6) is 0 Å². The van der Waals surface area contributed by atoms with Gasteiger partial charge in [-0.1, -0.05) is 58.4 Å². The molecule has 5 rings (SSSR count). The molecular formula is C33H38BrN3O7. The van der Waals surface area contributed by atoms with Crippen LogP contribution in [0.3, 0.4) is 0 Å². The second kappa shape index (κ2) is 13.2. The smallest absolute Gasteiger partial charge is 0.312 e. The van der Waals surface area contributed by atoms with Gasteiger partial charge in [-0.3, -0.25) is 19.2 Å². The van der Waals surface area contributed by atoms with Gasteiger partial charge < -0.3 is 29.7 Å². The largest absolute Gasteiger partial charge is 0.460 e. The monoisotopic (exact) mass is 667 g/mol. The third kappa shape index (κ3) is 5.68. The minimum absolute atomic E-state index is 0.0942. The van der Waals surface area contributed by atoms with Crippen LogP contribution in [0, 0.1) is 11.8 Å². The molecule has 3 heterocycles. The number of aliphatic hydroxyl groups is 1. The molecule has 0 aliphatic carbocycles. The first kappa shape index (κ1) is 31.9. The van der Waals surface area contributed by atoms with Crippen molar-refractivity contribution in [3.8, 4) is 0 Å². The highest BCUT2D eigenvalue weighted by atomic mass is 79.9.